The number of carbonyl (C=O) groups excluding carboxylic acids is 1. The minimum Gasteiger partial charge on any atom is -0.489 e. The van der Waals surface area contributed by atoms with Gasteiger partial charge < -0.3 is 14.4 Å². The molecule has 1 aliphatic rings. The summed E-state index contributed by atoms with van der Waals surface area (Å²) in [5.41, 5.74) is 3.74. The Hall–Kier alpha value is -4.38. The van der Waals surface area contributed by atoms with E-state index < -0.39 is 15.6 Å². The van der Waals surface area contributed by atoms with E-state index in [2.05, 4.69) is 9.97 Å². The van der Waals surface area contributed by atoms with E-state index in [-0.39, 0.29) is 17.1 Å². The highest BCUT2D eigenvalue weighted by molar-refractivity contribution is 7.90. The number of hydrogen-bond donors (Lipinski definition) is 0. The second kappa shape index (κ2) is 9.91. The van der Waals surface area contributed by atoms with Crippen LogP contribution in [0.1, 0.15) is 32.8 Å². The SMILES string of the molecule is Cc1ccc(S(=O)(=O)n2ccc3c2ncc2c(-c4ccc(OC5CCN(C(=O)OC(C)(C)C)C5)cc4)ncn23)cc1. The van der Waals surface area contributed by atoms with Gasteiger partial charge in [-0.05, 0) is 70.2 Å². The molecule has 0 spiro atoms. The average Bonchev–Trinajstić information content (AvgIpc) is 3.66. The summed E-state index contributed by atoms with van der Waals surface area (Å²) in [5.74, 6) is 0.701. The molecule has 1 saturated heterocycles. The third kappa shape index (κ3) is 5.13. The molecule has 41 heavy (non-hydrogen) atoms. The summed E-state index contributed by atoms with van der Waals surface area (Å²) in [6.45, 7) is 8.54. The van der Waals surface area contributed by atoms with Crippen LogP contribution in [0.2, 0.25) is 0 Å². The smallest absolute Gasteiger partial charge is 0.410 e. The molecule has 3 aromatic heterocycles. The number of imidazole rings is 1. The van der Waals surface area contributed by atoms with E-state index in [0.29, 0.717) is 30.0 Å². The van der Waals surface area contributed by atoms with Crippen LogP contribution in [-0.2, 0) is 14.8 Å². The first kappa shape index (κ1) is 26.8. The topological polar surface area (TPSA) is 108 Å². The summed E-state index contributed by atoms with van der Waals surface area (Å²) >= 11 is 0. The van der Waals surface area contributed by atoms with Crippen molar-refractivity contribution in [1.29, 1.82) is 0 Å². The van der Waals surface area contributed by atoms with Crippen molar-refractivity contribution in [1.82, 2.24) is 23.2 Å². The van der Waals surface area contributed by atoms with Gasteiger partial charge in [0, 0.05) is 24.7 Å². The van der Waals surface area contributed by atoms with Crippen LogP contribution < -0.4 is 4.74 Å². The molecule has 0 bridgehead atoms. The van der Waals surface area contributed by atoms with Crippen LogP contribution in [0.15, 0.2) is 78.2 Å². The molecule has 0 N–H and O–H groups in total. The highest BCUT2D eigenvalue weighted by Gasteiger charge is 2.31. The zero-order chi connectivity index (χ0) is 28.9. The van der Waals surface area contributed by atoms with Crippen LogP contribution in [-0.4, -0.2) is 62.5 Å². The van der Waals surface area contributed by atoms with Gasteiger partial charge in [-0.1, -0.05) is 17.7 Å². The maximum Gasteiger partial charge on any atom is 0.410 e. The predicted octanol–water partition coefficient (Wildman–Crippen LogP) is 5.28. The fourth-order valence-electron chi connectivity index (χ4n) is 4.94. The summed E-state index contributed by atoms with van der Waals surface area (Å²) < 4.78 is 41.3. The van der Waals surface area contributed by atoms with Gasteiger partial charge in [0.05, 0.1) is 34.4 Å². The molecule has 1 unspecified atom stereocenters. The van der Waals surface area contributed by atoms with Gasteiger partial charge in [-0.3, -0.25) is 4.40 Å². The van der Waals surface area contributed by atoms with E-state index in [4.69, 9.17) is 9.47 Å². The number of benzene rings is 2. The van der Waals surface area contributed by atoms with Crippen molar-refractivity contribution in [3.63, 3.8) is 0 Å². The number of rotatable bonds is 5. The van der Waals surface area contributed by atoms with Crippen LogP contribution in [0.3, 0.4) is 0 Å². The maximum absolute atomic E-state index is 13.3. The minimum absolute atomic E-state index is 0.112. The molecule has 1 atom stereocenters. The number of fused-ring (bicyclic) bond motifs is 3. The van der Waals surface area contributed by atoms with Crippen molar-refractivity contribution >= 4 is 32.8 Å². The molecule has 0 saturated carbocycles. The van der Waals surface area contributed by atoms with E-state index >= 15 is 0 Å². The van der Waals surface area contributed by atoms with E-state index in [1.807, 2.05) is 56.4 Å². The van der Waals surface area contributed by atoms with Crippen molar-refractivity contribution in [2.45, 2.75) is 50.7 Å². The first-order chi connectivity index (χ1) is 19.5. The molecule has 1 fully saturated rings. The van der Waals surface area contributed by atoms with Crippen LogP contribution in [0, 0.1) is 6.92 Å². The van der Waals surface area contributed by atoms with E-state index in [0.717, 1.165) is 28.8 Å². The molecular formula is C30H31N5O5S. The molecule has 5 aromatic rings. The second-order valence-electron chi connectivity index (χ2n) is 11.2. The van der Waals surface area contributed by atoms with Crippen molar-refractivity contribution in [3.8, 4) is 17.0 Å². The molecule has 6 rings (SSSR count). The molecule has 10 nitrogen and oxygen atoms in total. The van der Waals surface area contributed by atoms with E-state index in [1.165, 1.54) is 10.2 Å². The van der Waals surface area contributed by atoms with Crippen molar-refractivity contribution < 1.29 is 22.7 Å². The molecule has 2 aromatic carbocycles. The van der Waals surface area contributed by atoms with Crippen molar-refractivity contribution in [2.24, 2.45) is 0 Å². The lowest BCUT2D eigenvalue weighted by Crippen LogP contribution is -2.36. The Morgan fingerprint density at radius 2 is 1.71 bits per heavy atom. The first-order valence-corrected chi connectivity index (χ1v) is 14.8. The highest BCUT2D eigenvalue weighted by Crippen LogP contribution is 2.29. The predicted molar refractivity (Wildman–Crippen MR) is 155 cm³/mol. The fourth-order valence-corrected chi connectivity index (χ4v) is 6.24. The number of carbonyl (C=O) groups is 1. The molecule has 0 radical (unpaired) electrons. The lowest BCUT2D eigenvalue weighted by atomic mass is 10.1. The monoisotopic (exact) mass is 573 g/mol. The maximum atomic E-state index is 13.3. The first-order valence-electron chi connectivity index (χ1n) is 13.4. The third-order valence-corrected chi connectivity index (χ3v) is 8.66. The van der Waals surface area contributed by atoms with Crippen molar-refractivity contribution in [3.05, 3.63) is 78.9 Å². The summed E-state index contributed by atoms with van der Waals surface area (Å²) in [7, 11) is -3.81. The second-order valence-corrected chi connectivity index (χ2v) is 13.0. The van der Waals surface area contributed by atoms with Gasteiger partial charge in [0.2, 0.25) is 0 Å². The normalized spacial score (nSPS) is 16.0. The van der Waals surface area contributed by atoms with Crippen LogP contribution >= 0.6 is 0 Å². The van der Waals surface area contributed by atoms with Gasteiger partial charge in [0.15, 0.2) is 5.65 Å². The number of aryl methyl sites for hydroxylation is 1. The lowest BCUT2D eigenvalue weighted by molar-refractivity contribution is 0.0275. The summed E-state index contributed by atoms with van der Waals surface area (Å²) in [6.07, 6.45) is 5.13. The molecule has 0 aliphatic carbocycles. The Bertz CT molecular complexity index is 1850. The quantitative estimate of drug-likeness (QED) is 0.281. The fraction of sp³-hybridized carbons (Fsp3) is 0.300. The number of ether oxygens (including phenoxy) is 2. The van der Waals surface area contributed by atoms with E-state index in [1.54, 1.807) is 47.8 Å². The molecule has 11 heteroatoms. The number of nitrogens with zero attached hydrogens (tertiary/aromatic N) is 5. The van der Waals surface area contributed by atoms with Crippen LogP contribution in [0.25, 0.3) is 27.9 Å². The largest absolute Gasteiger partial charge is 0.489 e. The van der Waals surface area contributed by atoms with Crippen LogP contribution in [0.4, 0.5) is 4.79 Å². The Labute approximate surface area is 238 Å². The summed E-state index contributed by atoms with van der Waals surface area (Å²) in [6, 6.07) is 16.1. The van der Waals surface area contributed by atoms with Crippen molar-refractivity contribution in [2.75, 3.05) is 13.1 Å². The van der Waals surface area contributed by atoms with Gasteiger partial charge in [-0.15, -0.1) is 0 Å². The highest BCUT2D eigenvalue weighted by atomic mass is 32.2. The average molecular weight is 574 g/mol. The molecular weight excluding hydrogens is 542 g/mol. The number of aromatic nitrogens is 4. The molecule has 212 valence electrons. The van der Waals surface area contributed by atoms with Gasteiger partial charge >= 0.3 is 6.09 Å². The van der Waals surface area contributed by atoms with Gasteiger partial charge in [-0.25, -0.2) is 27.2 Å². The Morgan fingerprint density at radius 3 is 2.41 bits per heavy atom. The number of amides is 1. The molecule has 4 heterocycles. The van der Waals surface area contributed by atoms with Gasteiger partial charge in [-0.2, -0.15) is 0 Å². The summed E-state index contributed by atoms with van der Waals surface area (Å²) in [5, 5.41) is 0. The Morgan fingerprint density at radius 1 is 0.976 bits per heavy atom. The zero-order valence-electron chi connectivity index (χ0n) is 23.3. The minimum atomic E-state index is -3.81. The molecule has 1 amide bonds. The Kier molecular flexibility index (Phi) is 6.49. The standard InChI is InChI=1S/C30H31N5O5S/c1-20-5-11-24(12-6-20)41(37,38)35-16-14-25-28(35)31-17-26-27(32-19-34(25)26)21-7-9-22(10-8-21)39-23-13-15-33(18-23)29(36)40-30(2,3)4/h5-12,14,16-17,19,23H,13,15,18H2,1-4H3. The lowest BCUT2D eigenvalue weighted by Gasteiger charge is -2.24. The number of likely N-dealkylation sites (tertiary alicyclic amines) is 1. The molecule has 1 aliphatic heterocycles. The number of hydrogen-bond acceptors (Lipinski definition) is 7. The van der Waals surface area contributed by atoms with E-state index in [9.17, 15) is 13.2 Å². The van der Waals surface area contributed by atoms with Crippen LogP contribution in [0.5, 0.6) is 5.75 Å². The summed E-state index contributed by atoms with van der Waals surface area (Å²) in [4.78, 5) is 23.4. The van der Waals surface area contributed by atoms with Gasteiger partial charge in [0.1, 0.15) is 23.8 Å². The van der Waals surface area contributed by atoms with Gasteiger partial charge in [0.25, 0.3) is 10.0 Å². The zero-order valence-corrected chi connectivity index (χ0v) is 24.1. The third-order valence-electron chi connectivity index (χ3n) is 6.98. The Balaban J connectivity index is 1.21.